The molecule has 0 aliphatic carbocycles. The molecule has 0 radical (unpaired) electrons. The van der Waals surface area contributed by atoms with Gasteiger partial charge < -0.3 is 0 Å². The molecule has 64 valence electrons. The van der Waals surface area contributed by atoms with Crippen LogP contribution >= 0.6 is 15.9 Å². The molecule has 0 aromatic rings. The molecule has 5 heteroatoms. The van der Waals surface area contributed by atoms with Crippen molar-refractivity contribution in [2.24, 2.45) is 0 Å². The Kier molecular flexibility index (Phi) is 2.29. The maximum Gasteiger partial charge on any atom is 0.423 e. The Balaban J connectivity index is 3.18. The van der Waals surface area contributed by atoms with Gasteiger partial charge in [-0.05, 0) is 26.7 Å². The molecule has 0 aromatic carbocycles. The maximum absolute atomic E-state index is 12.2. The topological polar surface area (TPSA) is 14.1 Å². The SMILES string of the molecule is CC1=[N+]=C=C(Br)C=C1C(F)(F)F. The van der Waals surface area contributed by atoms with E-state index in [1.807, 2.05) is 0 Å². The van der Waals surface area contributed by atoms with E-state index >= 15 is 0 Å². The molecule has 0 aromatic heterocycles. The van der Waals surface area contributed by atoms with Crippen LogP contribution in [0, 0.1) is 0 Å². The predicted molar refractivity (Wildman–Crippen MR) is 44.4 cm³/mol. The normalized spacial score (nSPS) is 16.9. The number of nitrogens with zero attached hydrogens (tertiary/aromatic N) is 1. The molecule has 0 spiro atoms. The summed E-state index contributed by atoms with van der Waals surface area (Å²) in [6.45, 7) is 1.30. The smallest absolute Gasteiger partial charge is 0.166 e. The molecule has 0 fully saturated rings. The molecule has 0 saturated carbocycles. The molecule has 1 heterocycles. The van der Waals surface area contributed by atoms with Crippen molar-refractivity contribution in [3.63, 3.8) is 0 Å². The van der Waals surface area contributed by atoms with Crippen LogP contribution in [-0.2, 0) is 0 Å². The van der Waals surface area contributed by atoms with E-state index in [2.05, 4.69) is 26.5 Å². The van der Waals surface area contributed by atoms with Gasteiger partial charge in [-0.1, -0.05) is 0 Å². The van der Waals surface area contributed by atoms with Gasteiger partial charge in [0.25, 0.3) is 0 Å². The van der Waals surface area contributed by atoms with Gasteiger partial charge in [-0.25, -0.2) is 0 Å². The van der Waals surface area contributed by atoms with Gasteiger partial charge >= 0.3 is 17.8 Å². The van der Waals surface area contributed by atoms with E-state index in [0.29, 0.717) is 0 Å². The lowest BCUT2D eigenvalue weighted by molar-refractivity contribution is -0.0861. The number of hydrogen-bond acceptors (Lipinski definition) is 0. The monoisotopic (exact) mass is 238 g/mol. The second-order valence-corrected chi connectivity index (χ2v) is 3.07. The van der Waals surface area contributed by atoms with Crippen molar-refractivity contribution in [3.8, 4) is 0 Å². The van der Waals surface area contributed by atoms with Gasteiger partial charge in [-0.15, -0.1) is 0 Å². The molecule has 1 aliphatic rings. The second kappa shape index (κ2) is 2.94. The Morgan fingerprint density at radius 2 is 2.08 bits per heavy atom. The van der Waals surface area contributed by atoms with E-state index in [0.717, 1.165) is 6.08 Å². The average molecular weight is 239 g/mol. The van der Waals surface area contributed by atoms with E-state index in [1.54, 1.807) is 0 Å². The first-order chi connectivity index (χ1) is 5.41. The standard InChI is InChI=1S/C7H4BrF3N/c1-4-6(7(9,10)11)2-5(8)3-12-4/h2H,1H3/q+1. The maximum atomic E-state index is 12.2. The third kappa shape index (κ3) is 1.89. The molecule has 0 N–H and O–H groups in total. The van der Waals surface area contributed by atoms with E-state index < -0.39 is 11.7 Å². The first-order valence-corrected chi connectivity index (χ1v) is 3.82. The Labute approximate surface area is 75.1 Å². The lowest BCUT2D eigenvalue weighted by atomic mass is 10.1. The van der Waals surface area contributed by atoms with Gasteiger partial charge in [0, 0.05) is 6.92 Å². The molecule has 12 heavy (non-hydrogen) atoms. The van der Waals surface area contributed by atoms with Gasteiger partial charge in [-0.2, -0.15) is 13.2 Å². The summed E-state index contributed by atoms with van der Waals surface area (Å²) >= 11 is 2.87. The van der Waals surface area contributed by atoms with Crippen molar-refractivity contribution in [2.75, 3.05) is 0 Å². The fraction of sp³-hybridized carbons (Fsp3) is 0.286. The molecule has 0 amide bonds. The highest BCUT2D eigenvalue weighted by atomic mass is 79.9. The highest BCUT2D eigenvalue weighted by Crippen LogP contribution is 2.28. The fourth-order valence-electron chi connectivity index (χ4n) is 0.748. The minimum Gasteiger partial charge on any atom is -0.166 e. The summed E-state index contributed by atoms with van der Waals surface area (Å²) in [7, 11) is 0. The van der Waals surface area contributed by atoms with Crippen molar-refractivity contribution in [1.82, 2.24) is 4.67 Å². The first kappa shape index (κ1) is 9.33. The van der Waals surface area contributed by atoms with Crippen LogP contribution in [0.2, 0.25) is 0 Å². The number of hydrogen-bond donors (Lipinski definition) is 0. The van der Waals surface area contributed by atoms with Crippen molar-refractivity contribution >= 4 is 27.5 Å². The minimum absolute atomic E-state index is 0.0642. The summed E-state index contributed by atoms with van der Waals surface area (Å²) in [4.78, 5) is 0. The molecule has 1 nitrogen and oxygen atoms in total. The Morgan fingerprint density at radius 3 is 2.50 bits per heavy atom. The van der Waals surface area contributed by atoms with Crippen LogP contribution in [-0.4, -0.2) is 17.8 Å². The summed E-state index contributed by atoms with van der Waals surface area (Å²) < 4.78 is 40.1. The van der Waals surface area contributed by atoms with Crippen LogP contribution in [0.5, 0.6) is 0 Å². The van der Waals surface area contributed by atoms with Crippen LogP contribution in [0.25, 0.3) is 0 Å². The van der Waals surface area contributed by atoms with Gasteiger partial charge in [-0.3, -0.25) is 0 Å². The molecular formula is C7H4BrF3N+. The number of alkyl halides is 3. The molecule has 0 atom stereocenters. The first-order valence-electron chi connectivity index (χ1n) is 3.03. The summed E-state index contributed by atoms with van der Waals surface area (Å²) in [5.41, 5.74) is -0.793. The van der Waals surface area contributed by atoms with Gasteiger partial charge in [0.15, 0.2) is 0 Å². The zero-order chi connectivity index (χ0) is 9.35. The Hall–Kier alpha value is -0.760. The van der Waals surface area contributed by atoms with Crippen molar-refractivity contribution in [3.05, 3.63) is 16.1 Å². The zero-order valence-electron chi connectivity index (χ0n) is 6.04. The van der Waals surface area contributed by atoms with Crippen molar-refractivity contribution < 1.29 is 13.2 Å². The molecular weight excluding hydrogens is 235 g/mol. The minimum atomic E-state index is -4.34. The van der Waals surface area contributed by atoms with Gasteiger partial charge in [0.2, 0.25) is 0 Å². The van der Waals surface area contributed by atoms with Gasteiger partial charge in [0.05, 0.1) is 0 Å². The predicted octanol–water partition coefficient (Wildman–Crippen LogP) is 1.97. The van der Waals surface area contributed by atoms with Crippen LogP contribution in [0.3, 0.4) is 0 Å². The highest BCUT2D eigenvalue weighted by Gasteiger charge is 2.40. The van der Waals surface area contributed by atoms with Crippen molar-refractivity contribution in [2.45, 2.75) is 13.1 Å². The molecule has 1 rings (SSSR count). The number of allylic oxidation sites excluding steroid dienone is 3. The van der Waals surface area contributed by atoms with E-state index in [4.69, 9.17) is 0 Å². The Morgan fingerprint density at radius 1 is 1.50 bits per heavy atom. The second-order valence-electron chi connectivity index (χ2n) is 2.21. The summed E-state index contributed by atoms with van der Waals surface area (Å²) in [5.74, 6) is 2.38. The summed E-state index contributed by atoms with van der Waals surface area (Å²) in [5, 5.41) is 0. The number of rotatable bonds is 0. The largest absolute Gasteiger partial charge is 0.423 e. The summed E-state index contributed by atoms with van der Waals surface area (Å²) in [6.07, 6.45) is -3.38. The fourth-order valence-corrected chi connectivity index (χ4v) is 1.07. The lowest BCUT2D eigenvalue weighted by Gasteiger charge is -2.04. The molecule has 0 saturated heterocycles. The molecule has 0 unspecified atom stereocenters. The van der Waals surface area contributed by atoms with E-state index in [1.165, 1.54) is 6.92 Å². The van der Waals surface area contributed by atoms with Crippen molar-refractivity contribution in [1.29, 1.82) is 0 Å². The van der Waals surface area contributed by atoms with Crippen LogP contribution in [0.4, 0.5) is 13.2 Å². The lowest BCUT2D eigenvalue weighted by Crippen LogP contribution is -2.21. The van der Waals surface area contributed by atoms with E-state index in [9.17, 15) is 13.2 Å². The quantitative estimate of drug-likeness (QED) is 0.574. The van der Waals surface area contributed by atoms with Crippen LogP contribution in [0.15, 0.2) is 16.1 Å². The molecule has 1 aliphatic heterocycles. The van der Waals surface area contributed by atoms with E-state index in [-0.39, 0.29) is 10.2 Å². The van der Waals surface area contributed by atoms with Crippen LogP contribution < -0.4 is 4.67 Å². The number of halogens is 4. The molecule has 0 bridgehead atoms. The zero-order valence-corrected chi connectivity index (χ0v) is 7.62. The third-order valence-corrected chi connectivity index (χ3v) is 1.70. The highest BCUT2D eigenvalue weighted by molar-refractivity contribution is 9.12. The summed E-state index contributed by atoms with van der Waals surface area (Å²) in [6, 6.07) is 0. The average Bonchev–Trinajstić information content (AvgIpc) is 1.92. The third-order valence-electron chi connectivity index (χ3n) is 1.30. The Bertz CT molecular complexity index is 338. The van der Waals surface area contributed by atoms with Crippen LogP contribution in [0.1, 0.15) is 6.92 Å². The van der Waals surface area contributed by atoms with Gasteiger partial charge in [0.1, 0.15) is 10.1 Å².